The van der Waals surface area contributed by atoms with Gasteiger partial charge in [0, 0.05) is 48.8 Å². The van der Waals surface area contributed by atoms with E-state index in [1.807, 2.05) is 91.0 Å². The van der Waals surface area contributed by atoms with Gasteiger partial charge < -0.3 is 15.5 Å². The second kappa shape index (κ2) is 14.4. The molecule has 0 radical (unpaired) electrons. The van der Waals surface area contributed by atoms with E-state index in [2.05, 4.69) is 32.7 Å². The Labute approximate surface area is 264 Å². The molecule has 1 aliphatic rings. The molecule has 0 atom stereocenters. The summed E-state index contributed by atoms with van der Waals surface area (Å²) in [5.41, 5.74) is 6.88. The number of nitrogens with one attached hydrogen (secondary N) is 2. The van der Waals surface area contributed by atoms with Gasteiger partial charge in [-0.3, -0.25) is 9.78 Å². The second-order valence-electron chi connectivity index (χ2n) is 11.5. The van der Waals surface area contributed by atoms with E-state index in [4.69, 9.17) is 0 Å². The van der Waals surface area contributed by atoms with E-state index in [0.29, 0.717) is 18.9 Å². The molecule has 1 saturated carbocycles. The lowest BCUT2D eigenvalue weighted by Crippen LogP contribution is -2.34. The van der Waals surface area contributed by atoms with Crippen molar-refractivity contribution in [3.05, 3.63) is 133 Å². The normalized spacial score (nSPS) is 13.2. The molecule has 5 aromatic rings. The first kappa shape index (κ1) is 29.8. The second-order valence-corrected chi connectivity index (χ2v) is 11.5. The van der Waals surface area contributed by atoms with Crippen LogP contribution in [0.1, 0.15) is 43.2 Å². The molecule has 2 heterocycles. The number of benzene rings is 3. The molecule has 3 aromatic carbocycles. The molecule has 1 aliphatic carbocycles. The van der Waals surface area contributed by atoms with Gasteiger partial charge in [-0.05, 0) is 71.0 Å². The molecule has 2 N–H and O–H groups in total. The molecule has 3 amide bonds. The molecule has 0 bridgehead atoms. The Morgan fingerprint density at radius 2 is 1.31 bits per heavy atom. The van der Waals surface area contributed by atoms with E-state index in [9.17, 15) is 9.59 Å². The molecule has 0 aliphatic heterocycles. The first-order chi connectivity index (χ1) is 22.1. The number of nitrogens with zero attached hydrogens (tertiary/aromatic N) is 3. The number of aromatic nitrogens is 2. The fraction of sp³-hybridized carbons (Fsp3) is 0.211. The lowest BCUT2D eigenvalue weighted by Gasteiger charge is -2.23. The Hall–Kier alpha value is -5.30. The summed E-state index contributed by atoms with van der Waals surface area (Å²) < 4.78 is 0. The molecule has 45 heavy (non-hydrogen) atoms. The van der Waals surface area contributed by atoms with Crippen LogP contribution in [0.2, 0.25) is 0 Å². The summed E-state index contributed by atoms with van der Waals surface area (Å²) in [7, 11) is 0. The fourth-order valence-electron chi connectivity index (χ4n) is 5.75. The van der Waals surface area contributed by atoms with E-state index in [0.717, 1.165) is 64.8 Å². The average Bonchev–Trinajstić information content (AvgIpc) is 3.10. The van der Waals surface area contributed by atoms with Gasteiger partial charge in [-0.15, -0.1) is 0 Å². The maximum Gasteiger partial charge on any atom is 0.322 e. The van der Waals surface area contributed by atoms with Crippen LogP contribution < -0.4 is 10.6 Å². The van der Waals surface area contributed by atoms with Crippen molar-refractivity contribution >= 4 is 23.4 Å². The lowest BCUT2D eigenvalue weighted by atomic mass is 9.89. The summed E-state index contributed by atoms with van der Waals surface area (Å²) in [6.45, 7) is 0.842. The highest BCUT2D eigenvalue weighted by Crippen LogP contribution is 2.26. The number of hydrogen-bond donors (Lipinski definition) is 2. The van der Waals surface area contributed by atoms with Gasteiger partial charge in [0.15, 0.2) is 0 Å². The molecule has 0 unspecified atom stereocenters. The van der Waals surface area contributed by atoms with Crippen LogP contribution in [0.25, 0.3) is 22.3 Å². The summed E-state index contributed by atoms with van der Waals surface area (Å²) in [4.78, 5) is 36.6. The van der Waals surface area contributed by atoms with E-state index < -0.39 is 0 Å². The number of urea groups is 1. The third kappa shape index (κ3) is 8.00. The van der Waals surface area contributed by atoms with Gasteiger partial charge in [-0.25, -0.2) is 9.78 Å². The summed E-state index contributed by atoms with van der Waals surface area (Å²) in [5, 5.41) is 6.05. The van der Waals surface area contributed by atoms with Gasteiger partial charge >= 0.3 is 6.03 Å². The van der Waals surface area contributed by atoms with E-state index >= 15 is 0 Å². The van der Waals surface area contributed by atoms with Crippen LogP contribution in [0.3, 0.4) is 0 Å². The molecule has 1 fully saturated rings. The molecule has 7 nitrogen and oxygen atoms in total. The monoisotopic (exact) mass is 595 g/mol. The van der Waals surface area contributed by atoms with Gasteiger partial charge in [-0.1, -0.05) is 92.1 Å². The number of pyridine rings is 2. The molecule has 6 rings (SSSR count). The standard InChI is InChI=1S/C38H37N5O2/c44-37(33-11-5-2-6-12-33)42-36-22-19-34(25-40-36)32-15-13-28(14-16-32)26-43(27-29-8-7-23-39-24-29)38(45)41-35-20-17-31(18-21-35)30-9-3-1-4-10-30/h1,3-4,7-10,13-25,33H,2,5-6,11-12,26-27H2,(H,41,45)(H,40,42,44). The minimum absolute atomic E-state index is 0.0726. The maximum atomic E-state index is 13.5. The molecular weight excluding hydrogens is 558 g/mol. The van der Waals surface area contributed by atoms with Crippen LogP contribution in [0.4, 0.5) is 16.3 Å². The molecule has 7 heteroatoms. The summed E-state index contributed by atoms with van der Waals surface area (Å²) >= 11 is 0. The van der Waals surface area contributed by atoms with E-state index in [1.165, 1.54) is 6.42 Å². The highest BCUT2D eigenvalue weighted by atomic mass is 16.2. The van der Waals surface area contributed by atoms with Gasteiger partial charge in [0.05, 0.1) is 0 Å². The van der Waals surface area contributed by atoms with Crippen LogP contribution in [0, 0.1) is 5.92 Å². The minimum atomic E-state index is -0.189. The summed E-state index contributed by atoms with van der Waals surface area (Å²) in [6.07, 6.45) is 10.7. The van der Waals surface area contributed by atoms with Crippen molar-refractivity contribution in [2.45, 2.75) is 45.2 Å². The zero-order valence-corrected chi connectivity index (χ0v) is 25.2. The topological polar surface area (TPSA) is 87.2 Å². The van der Waals surface area contributed by atoms with Crippen molar-refractivity contribution in [2.75, 3.05) is 10.6 Å². The smallest absolute Gasteiger partial charge is 0.316 e. The van der Waals surface area contributed by atoms with Gasteiger partial charge in [0.1, 0.15) is 5.82 Å². The lowest BCUT2D eigenvalue weighted by molar-refractivity contribution is -0.120. The Bertz CT molecular complexity index is 1680. The predicted molar refractivity (Wildman–Crippen MR) is 179 cm³/mol. The largest absolute Gasteiger partial charge is 0.322 e. The van der Waals surface area contributed by atoms with E-state index in [1.54, 1.807) is 23.5 Å². The maximum absolute atomic E-state index is 13.5. The Kier molecular flexibility index (Phi) is 9.55. The number of carbonyl (C=O) groups excluding carboxylic acids is 2. The van der Waals surface area contributed by atoms with Gasteiger partial charge in [0.2, 0.25) is 5.91 Å². The Morgan fingerprint density at radius 3 is 2.00 bits per heavy atom. The molecule has 2 aromatic heterocycles. The van der Waals surface area contributed by atoms with Crippen molar-refractivity contribution in [3.8, 4) is 22.3 Å². The number of carbonyl (C=O) groups is 2. The highest BCUT2D eigenvalue weighted by molar-refractivity contribution is 5.92. The van der Waals surface area contributed by atoms with Gasteiger partial charge in [-0.2, -0.15) is 0 Å². The van der Waals surface area contributed by atoms with Crippen molar-refractivity contribution in [1.82, 2.24) is 14.9 Å². The summed E-state index contributed by atoms with van der Waals surface area (Å²) in [5.74, 6) is 0.744. The summed E-state index contributed by atoms with van der Waals surface area (Å²) in [6, 6.07) is 33.7. The predicted octanol–water partition coefficient (Wildman–Crippen LogP) is 8.56. The van der Waals surface area contributed by atoms with E-state index in [-0.39, 0.29) is 17.9 Å². The Morgan fingerprint density at radius 1 is 0.644 bits per heavy atom. The Balaban J connectivity index is 1.11. The quantitative estimate of drug-likeness (QED) is 0.179. The SMILES string of the molecule is O=C(Nc1ccc(-c2ccc(CN(Cc3cccnc3)C(=O)Nc3ccc(-c4ccccc4)cc3)cc2)cn1)C1CCCCC1. The highest BCUT2D eigenvalue weighted by Gasteiger charge is 2.21. The van der Waals surface area contributed by atoms with Crippen LogP contribution >= 0.6 is 0 Å². The zero-order chi connectivity index (χ0) is 30.8. The van der Waals surface area contributed by atoms with Crippen molar-refractivity contribution in [1.29, 1.82) is 0 Å². The minimum Gasteiger partial charge on any atom is -0.316 e. The number of rotatable bonds is 9. The third-order valence-corrected chi connectivity index (χ3v) is 8.28. The molecule has 0 saturated heterocycles. The van der Waals surface area contributed by atoms with Crippen LogP contribution in [-0.4, -0.2) is 26.8 Å². The first-order valence-corrected chi connectivity index (χ1v) is 15.6. The van der Waals surface area contributed by atoms with Crippen molar-refractivity contribution in [2.24, 2.45) is 5.92 Å². The van der Waals surface area contributed by atoms with Crippen LogP contribution in [0.5, 0.6) is 0 Å². The average molecular weight is 596 g/mol. The number of amides is 3. The van der Waals surface area contributed by atoms with Gasteiger partial charge in [0.25, 0.3) is 0 Å². The molecular formula is C38H37N5O2. The number of hydrogen-bond acceptors (Lipinski definition) is 4. The molecule has 226 valence electrons. The van der Waals surface area contributed by atoms with Crippen molar-refractivity contribution < 1.29 is 9.59 Å². The van der Waals surface area contributed by atoms with Crippen LogP contribution in [-0.2, 0) is 17.9 Å². The van der Waals surface area contributed by atoms with Crippen LogP contribution in [0.15, 0.2) is 122 Å². The first-order valence-electron chi connectivity index (χ1n) is 15.6. The van der Waals surface area contributed by atoms with Crippen molar-refractivity contribution in [3.63, 3.8) is 0 Å². The number of anilines is 2. The third-order valence-electron chi connectivity index (χ3n) is 8.28. The fourth-order valence-corrected chi connectivity index (χ4v) is 5.75. The zero-order valence-electron chi connectivity index (χ0n) is 25.2. The molecule has 0 spiro atoms.